The highest BCUT2D eigenvalue weighted by atomic mass is 16.5. The van der Waals surface area contributed by atoms with Gasteiger partial charge in [-0.05, 0) is 42.7 Å². The maximum absolute atomic E-state index is 9.68. The van der Waals surface area contributed by atoms with Crippen molar-refractivity contribution in [3.8, 4) is 11.6 Å². The molecular formula is C16H19NO2. The zero-order valence-electron chi connectivity index (χ0n) is 11.5. The molecule has 0 saturated carbocycles. The van der Waals surface area contributed by atoms with Crippen molar-refractivity contribution in [2.24, 2.45) is 0 Å². The van der Waals surface area contributed by atoms with Crippen molar-refractivity contribution >= 4 is 0 Å². The van der Waals surface area contributed by atoms with Crippen molar-refractivity contribution in [1.29, 1.82) is 0 Å². The molecule has 1 heterocycles. The van der Waals surface area contributed by atoms with Crippen LogP contribution in [0.2, 0.25) is 0 Å². The maximum Gasteiger partial charge on any atom is 0.225 e. The topological polar surface area (TPSA) is 42.4 Å². The average Bonchev–Trinajstić information content (AvgIpc) is 2.39. The molecule has 19 heavy (non-hydrogen) atoms. The van der Waals surface area contributed by atoms with E-state index >= 15 is 0 Å². The number of pyridine rings is 1. The average molecular weight is 257 g/mol. The lowest BCUT2D eigenvalue weighted by Gasteiger charge is -2.12. The summed E-state index contributed by atoms with van der Waals surface area (Å²) in [6, 6.07) is 11.5. The van der Waals surface area contributed by atoms with Gasteiger partial charge >= 0.3 is 0 Å². The van der Waals surface area contributed by atoms with Crippen LogP contribution in [0, 0.1) is 0 Å². The molecule has 100 valence electrons. The van der Waals surface area contributed by atoms with Crippen molar-refractivity contribution in [2.45, 2.75) is 32.8 Å². The lowest BCUT2D eigenvalue weighted by atomic mass is 10.0. The van der Waals surface area contributed by atoms with Crippen LogP contribution in [0.3, 0.4) is 0 Å². The van der Waals surface area contributed by atoms with Gasteiger partial charge < -0.3 is 9.84 Å². The molecule has 1 N–H and O–H groups in total. The molecule has 2 rings (SSSR count). The summed E-state index contributed by atoms with van der Waals surface area (Å²) in [6.45, 7) is 6.01. The summed E-state index contributed by atoms with van der Waals surface area (Å²) >= 11 is 0. The SMILES string of the molecule is CC(C)c1ccc(Oc2ncccc2[C@H](C)O)cc1. The van der Waals surface area contributed by atoms with Crippen LogP contribution in [-0.4, -0.2) is 10.1 Å². The minimum atomic E-state index is -0.598. The molecule has 2 aromatic rings. The summed E-state index contributed by atoms with van der Waals surface area (Å²) in [4.78, 5) is 4.17. The van der Waals surface area contributed by atoms with Gasteiger partial charge in [-0.2, -0.15) is 0 Å². The molecule has 0 aliphatic rings. The van der Waals surface area contributed by atoms with Gasteiger partial charge in [0.1, 0.15) is 5.75 Å². The number of benzene rings is 1. The van der Waals surface area contributed by atoms with Crippen LogP contribution in [0.25, 0.3) is 0 Å². The van der Waals surface area contributed by atoms with E-state index in [1.807, 2.05) is 30.3 Å². The van der Waals surface area contributed by atoms with Gasteiger partial charge in [-0.1, -0.05) is 26.0 Å². The third-order valence-corrected chi connectivity index (χ3v) is 3.01. The van der Waals surface area contributed by atoms with Gasteiger partial charge in [-0.25, -0.2) is 4.98 Å². The van der Waals surface area contributed by atoms with Crippen LogP contribution < -0.4 is 4.74 Å². The Hall–Kier alpha value is -1.87. The fourth-order valence-electron chi connectivity index (χ4n) is 1.84. The Morgan fingerprint density at radius 1 is 1.05 bits per heavy atom. The van der Waals surface area contributed by atoms with Gasteiger partial charge in [-0.3, -0.25) is 0 Å². The Labute approximate surface area is 113 Å². The molecule has 1 aromatic carbocycles. The van der Waals surface area contributed by atoms with Crippen LogP contribution >= 0.6 is 0 Å². The Morgan fingerprint density at radius 3 is 2.32 bits per heavy atom. The largest absolute Gasteiger partial charge is 0.439 e. The summed E-state index contributed by atoms with van der Waals surface area (Å²) < 4.78 is 5.73. The number of aliphatic hydroxyl groups excluding tert-OH is 1. The van der Waals surface area contributed by atoms with Crippen molar-refractivity contribution in [2.75, 3.05) is 0 Å². The second-order valence-electron chi connectivity index (χ2n) is 4.90. The summed E-state index contributed by atoms with van der Waals surface area (Å²) in [5.74, 6) is 1.68. The molecule has 3 heteroatoms. The predicted molar refractivity (Wildman–Crippen MR) is 75.5 cm³/mol. The first kappa shape index (κ1) is 13.6. The first-order valence-corrected chi connectivity index (χ1v) is 6.48. The van der Waals surface area contributed by atoms with Gasteiger partial charge in [0.25, 0.3) is 0 Å². The lowest BCUT2D eigenvalue weighted by Crippen LogP contribution is -1.98. The second-order valence-corrected chi connectivity index (χ2v) is 4.90. The molecule has 0 bridgehead atoms. The minimum absolute atomic E-state index is 0.454. The Bertz CT molecular complexity index is 533. The standard InChI is InChI=1S/C16H19NO2/c1-11(2)13-6-8-14(9-7-13)19-16-15(12(3)18)5-4-10-17-16/h4-12,18H,1-3H3/t12-/m0/s1. The number of nitrogens with zero attached hydrogens (tertiary/aromatic N) is 1. The number of rotatable bonds is 4. The zero-order valence-corrected chi connectivity index (χ0v) is 11.5. The van der Waals surface area contributed by atoms with Crippen LogP contribution in [0.4, 0.5) is 0 Å². The Morgan fingerprint density at radius 2 is 1.74 bits per heavy atom. The van der Waals surface area contributed by atoms with E-state index in [-0.39, 0.29) is 0 Å². The fourth-order valence-corrected chi connectivity index (χ4v) is 1.84. The quantitative estimate of drug-likeness (QED) is 0.898. The number of hydrogen-bond acceptors (Lipinski definition) is 3. The van der Waals surface area contributed by atoms with Crippen molar-refractivity contribution in [3.05, 3.63) is 53.7 Å². The van der Waals surface area contributed by atoms with E-state index in [1.54, 1.807) is 19.2 Å². The molecule has 1 aromatic heterocycles. The molecular weight excluding hydrogens is 238 g/mol. The zero-order chi connectivity index (χ0) is 13.8. The predicted octanol–water partition coefficient (Wildman–Crippen LogP) is 4.05. The minimum Gasteiger partial charge on any atom is -0.439 e. The van der Waals surface area contributed by atoms with Crippen molar-refractivity contribution in [1.82, 2.24) is 4.98 Å². The highest BCUT2D eigenvalue weighted by Crippen LogP contribution is 2.28. The molecule has 0 aliphatic carbocycles. The van der Waals surface area contributed by atoms with Gasteiger partial charge in [0.2, 0.25) is 5.88 Å². The molecule has 0 fully saturated rings. The number of ether oxygens (including phenoxy) is 1. The van der Waals surface area contributed by atoms with E-state index in [4.69, 9.17) is 4.74 Å². The van der Waals surface area contributed by atoms with E-state index in [9.17, 15) is 5.11 Å². The lowest BCUT2D eigenvalue weighted by molar-refractivity contribution is 0.194. The summed E-state index contributed by atoms with van der Waals surface area (Å²) in [7, 11) is 0. The van der Waals surface area contributed by atoms with Crippen LogP contribution in [0.5, 0.6) is 11.6 Å². The first-order valence-electron chi connectivity index (χ1n) is 6.48. The number of hydrogen-bond donors (Lipinski definition) is 1. The van der Waals surface area contributed by atoms with Crippen LogP contribution in [0.15, 0.2) is 42.6 Å². The molecule has 0 unspecified atom stereocenters. The monoisotopic (exact) mass is 257 g/mol. The van der Waals surface area contributed by atoms with E-state index < -0.39 is 6.10 Å². The van der Waals surface area contributed by atoms with Crippen molar-refractivity contribution < 1.29 is 9.84 Å². The summed E-state index contributed by atoms with van der Waals surface area (Å²) in [5.41, 5.74) is 1.96. The molecule has 1 atom stereocenters. The first-order chi connectivity index (χ1) is 9.08. The number of aromatic nitrogens is 1. The maximum atomic E-state index is 9.68. The summed E-state index contributed by atoms with van der Waals surface area (Å²) in [5, 5.41) is 9.68. The van der Waals surface area contributed by atoms with Gasteiger partial charge in [0.05, 0.1) is 6.10 Å². The Balaban J connectivity index is 2.21. The van der Waals surface area contributed by atoms with Gasteiger partial charge in [0, 0.05) is 11.8 Å². The van der Waals surface area contributed by atoms with E-state index in [0.717, 1.165) is 5.75 Å². The fraction of sp³-hybridized carbons (Fsp3) is 0.312. The normalized spacial score (nSPS) is 12.5. The smallest absolute Gasteiger partial charge is 0.225 e. The highest BCUT2D eigenvalue weighted by Gasteiger charge is 2.10. The van der Waals surface area contributed by atoms with E-state index in [1.165, 1.54) is 5.56 Å². The van der Waals surface area contributed by atoms with Gasteiger partial charge in [0.15, 0.2) is 0 Å². The van der Waals surface area contributed by atoms with Crippen LogP contribution in [-0.2, 0) is 0 Å². The Kier molecular flexibility index (Phi) is 4.17. The van der Waals surface area contributed by atoms with Gasteiger partial charge in [-0.15, -0.1) is 0 Å². The van der Waals surface area contributed by atoms with Crippen LogP contribution in [0.1, 0.15) is 43.9 Å². The molecule has 0 amide bonds. The molecule has 0 saturated heterocycles. The third kappa shape index (κ3) is 3.32. The molecule has 0 spiro atoms. The van der Waals surface area contributed by atoms with E-state index in [0.29, 0.717) is 17.4 Å². The second kappa shape index (κ2) is 5.85. The molecule has 3 nitrogen and oxygen atoms in total. The molecule has 0 radical (unpaired) electrons. The summed E-state index contributed by atoms with van der Waals surface area (Å²) in [6.07, 6.45) is 1.06. The third-order valence-electron chi connectivity index (χ3n) is 3.01. The highest BCUT2D eigenvalue weighted by molar-refractivity contribution is 5.35. The molecule has 0 aliphatic heterocycles. The van der Waals surface area contributed by atoms with Crippen molar-refractivity contribution in [3.63, 3.8) is 0 Å². The number of aliphatic hydroxyl groups is 1. The van der Waals surface area contributed by atoms with E-state index in [2.05, 4.69) is 18.8 Å².